The first-order valence-corrected chi connectivity index (χ1v) is 7.07. The average Bonchev–Trinajstić information content (AvgIpc) is 2.26. The first kappa shape index (κ1) is 14.0. The molecule has 1 saturated carbocycles. The summed E-state index contributed by atoms with van der Waals surface area (Å²) in [5.41, 5.74) is 12.3. The van der Waals surface area contributed by atoms with Crippen molar-refractivity contribution in [1.29, 1.82) is 0 Å². The molecule has 2 atom stereocenters. The van der Waals surface area contributed by atoms with Gasteiger partial charge in [-0.3, -0.25) is 0 Å². The molecule has 2 unspecified atom stereocenters. The number of unbranched alkanes of at least 4 members (excludes halogenated alkanes) is 1. The van der Waals surface area contributed by atoms with Gasteiger partial charge in [0, 0.05) is 0 Å². The van der Waals surface area contributed by atoms with Gasteiger partial charge in [-0.25, -0.2) is 0 Å². The summed E-state index contributed by atoms with van der Waals surface area (Å²) in [6.45, 7) is 6.58. The zero-order valence-electron chi connectivity index (χ0n) is 11.3. The molecule has 0 aromatic rings. The zero-order chi connectivity index (χ0) is 12.2. The number of nitrogens with two attached hydrogens (primary N) is 2. The van der Waals surface area contributed by atoms with Gasteiger partial charge in [0.05, 0.1) is 5.66 Å². The van der Waals surface area contributed by atoms with E-state index < -0.39 is 5.66 Å². The van der Waals surface area contributed by atoms with E-state index in [1.807, 2.05) is 0 Å². The summed E-state index contributed by atoms with van der Waals surface area (Å²) >= 11 is 0. The van der Waals surface area contributed by atoms with Crippen molar-refractivity contribution >= 4 is 0 Å². The molecule has 1 aliphatic carbocycles. The summed E-state index contributed by atoms with van der Waals surface area (Å²) in [7, 11) is 0. The molecule has 2 nitrogen and oxygen atoms in total. The summed E-state index contributed by atoms with van der Waals surface area (Å²) in [4.78, 5) is 0. The molecule has 0 aromatic heterocycles. The van der Waals surface area contributed by atoms with Crippen molar-refractivity contribution < 1.29 is 0 Å². The van der Waals surface area contributed by atoms with Crippen molar-refractivity contribution in [1.82, 2.24) is 0 Å². The molecule has 4 N–H and O–H groups in total. The van der Waals surface area contributed by atoms with E-state index in [1.165, 1.54) is 44.9 Å². The van der Waals surface area contributed by atoms with Crippen LogP contribution in [0.3, 0.4) is 0 Å². The second-order valence-electron chi connectivity index (χ2n) is 5.95. The highest BCUT2D eigenvalue weighted by Gasteiger charge is 2.39. The van der Waals surface area contributed by atoms with Crippen LogP contribution in [0, 0.1) is 17.8 Å². The maximum absolute atomic E-state index is 6.37. The molecule has 96 valence electrons. The van der Waals surface area contributed by atoms with Crippen molar-refractivity contribution in [3.63, 3.8) is 0 Å². The topological polar surface area (TPSA) is 52.0 Å². The molecule has 0 radical (unpaired) electrons. The molecule has 0 saturated heterocycles. The molecule has 16 heavy (non-hydrogen) atoms. The highest BCUT2D eigenvalue weighted by molar-refractivity contribution is 4.93. The molecule has 0 amide bonds. The van der Waals surface area contributed by atoms with E-state index in [-0.39, 0.29) is 0 Å². The Kier molecular flexibility index (Phi) is 5.26. The highest BCUT2D eigenvalue weighted by atomic mass is 15.0. The fraction of sp³-hybridized carbons (Fsp3) is 1.00. The second-order valence-corrected chi connectivity index (χ2v) is 5.95. The van der Waals surface area contributed by atoms with Gasteiger partial charge < -0.3 is 11.5 Å². The van der Waals surface area contributed by atoms with Crippen molar-refractivity contribution in [2.75, 3.05) is 0 Å². The Hall–Kier alpha value is -0.0800. The van der Waals surface area contributed by atoms with Gasteiger partial charge in [-0.05, 0) is 24.2 Å². The molecule has 0 aromatic carbocycles. The Morgan fingerprint density at radius 2 is 1.81 bits per heavy atom. The van der Waals surface area contributed by atoms with Crippen LogP contribution < -0.4 is 11.5 Å². The third-order valence-corrected chi connectivity index (χ3v) is 4.48. The predicted octanol–water partition coefficient (Wildman–Crippen LogP) is 3.25. The van der Waals surface area contributed by atoms with Gasteiger partial charge in [-0.15, -0.1) is 0 Å². The Balaban J connectivity index is 2.65. The lowest BCUT2D eigenvalue weighted by Gasteiger charge is -2.44. The summed E-state index contributed by atoms with van der Waals surface area (Å²) < 4.78 is 0. The quantitative estimate of drug-likeness (QED) is 0.707. The molecule has 0 spiro atoms. The van der Waals surface area contributed by atoms with Crippen molar-refractivity contribution in [3.05, 3.63) is 0 Å². The summed E-state index contributed by atoms with van der Waals surface area (Å²) in [5, 5.41) is 0. The van der Waals surface area contributed by atoms with E-state index in [4.69, 9.17) is 11.5 Å². The van der Waals surface area contributed by atoms with Gasteiger partial charge in [0.1, 0.15) is 0 Å². The van der Waals surface area contributed by atoms with Crippen LogP contribution in [0.4, 0.5) is 0 Å². The molecule has 1 aliphatic rings. The first-order valence-electron chi connectivity index (χ1n) is 7.07. The van der Waals surface area contributed by atoms with Gasteiger partial charge in [0.25, 0.3) is 0 Å². The molecule has 1 fully saturated rings. The van der Waals surface area contributed by atoms with Crippen LogP contribution in [0.25, 0.3) is 0 Å². The number of rotatable bonds is 5. The third kappa shape index (κ3) is 3.21. The molecule has 0 bridgehead atoms. The monoisotopic (exact) mass is 226 g/mol. The molecular weight excluding hydrogens is 196 g/mol. The highest BCUT2D eigenvalue weighted by Crippen LogP contribution is 2.39. The van der Waals surface area contributed by atoms with E-state index >= 15 is 0 Å². The predicted molar refractivity (Wildman–Crippen MR) is 70.9 cm³/mol. The van der Waals surface area contributed by atoms with Crippen LogP contribution in [0.5, 0.6) is 0 Å². The lowest BCUT2D eigenvalue weighted by molar-refractivity contribution is 0.0915. The maximum atomic E-state index is 6.37. The number of hydrogen-bond acceptors (Lipinski definition) is 2. The van der Waals surface area contributed by atoms with E-state index in [0.717, 1.165) is 5.92 Å². The van der Waals surface area contributed by atoms with Crippen molar-refractivity contribution in [2.45, 2.75) is 71.4 Å². The Morgan fingerprint density at radius 1 is 1.19 bits per heavy atom. The zero-order valence-corrected chi connectivity index (χ0v) is 11.3. The van der Waals surface area contributed by atoms with E-state index in [2.05, 4.69) is 20.8 Å². The van der Waals surface area contributed by atoms with Gasteiger partial charge in [0.2, 0.25) is 0 Å². The van der Waals surface area contributed by atoms with Crippen LogP contribution in [0.1, 0.15) is 65.7 Å². The van der Waals surface area contributed by atoms with Gasteiger partial charge in [0.15, 0.2) is 0 Å². The average molecular weight is 226 g/mol. The van der Waals surface area contributed by atoms with Crippen LogP contribution in [-0.2, 0) is 0 Å². The SMILES string of the molecule is CCCCC1CCCCC1C(N)(N)C(C)C. The lowest BCUT2D eigenvalue weighted by atomic mass is 9.68. The standard InChI is InChI=1S/C14H30N2/c1-4-5-8-12-9-6-7-10-13(12)14(15,16)11(2)3/h11-13H,4-10,15-16H2,1-3H3. The largest absolute Gasteiger partial charge is 0.313 e. The summed E-state index contributed by atoms with van der Waals surface area (Å²) in [5.74, 6) is 1.68. The molecular formula is C14H30N2. The Labute approximate surface area is 101 Å². The van der Waals surface area contributed by atoms with Gasteiger partial charge in [-0.1, -0.05) is 59.3 Å². The molecule has 0 heterocycles. The second kappa shape index (κ2) is 6.02. The Morgan fingerprint density at radius 3 is 2.38 bits per heavy atom. The molecule has 0 aliphatic heterocycles. The van der Waals surface area contributed by atoms with Crippen LogP contribution in [0.15, 0.2) is 0 Å². The molecule has 2 heteroatoms. The minimum Gasteiger partial charge on any atom is -0.313 e. The summed E-state index contributed by atoms with van der Waals surface area (Å²) in [6, 6.07) is 0. The van der Waals surface area contributed by atoms with E-state index in [1.54, 1.807) is 0 Å². The van der Waals surface area contributed by atoms with E-state index in [0.29, 0.717) is 11.8 Å². The van der Waals surface area contributed by atoms with Crippen molar-refractivity contribution in [2.24, 2.45) is 29.2 Å². The van der Waals surface area contributed by atoms with Crippen molar-refractivity contribution in [3.8, 4) is 0 Å². The minimum absolute atomic E-state index is 0.375. The van der Waals surface area contributed by atoms with Gasteiger partial charge in [-0.2, -0.15) is 0 Å². The minimum atomic E-state index is -0.459. The van der Waals surface area contributed by atoms with Crippen LogP contribution in [-0.4, -0.2) is 5.66 Å². The van der Waals surface area contributed by atoms with Crippen LogP contribution >= 0.6 is 0 Å². The third-order valence-electron chi connectivity index (χ3n) is 4.48. The fourth-order valence-electron chi connectivity index (χ4n) is 3.11. The van der Waals surface area contributed by atoms with Crippen LogP contribution in [0.2, 0.25) is 0 Å². The summed E-state index contributed by atoms with van der Waals surface area (Å²) in [6.07, 6.45) is 9.20. The lowest BCUT2D eigenvalue weighted by Crippen LogP contribution is -2.61. The maximum Gasteiger partial charge on any atom is 0.0691 e. The normalized spacial score (nSPS) is 27.4. The van der Waals surface area contributed by atoms with E-state index in [9.17, 15) is 0 Å². The Bertz CT molecular complexity index is 199. The number of hydrogen-bond donors (Lipinski definition) is 2. The van der Waals surface area contributed by atoms with Gasteiger partial charge >= 0.3 is 0 Å². The fourth-order valence-corrected chi connectivity index (χ4v) is 3.11. The molecule has 1 rings (SSSR count). The first-order chi connectivity index (χ1) is 7.50. The smallest absolute Gasteiger partial charge is 0.0691 e.